The Hall–Kier alpha value is -2.27. The molecule has 150 valence electrons. The van der Waals surface area contributed by atoms with Gasteiger partial charge in [0.15, 0.2) is 0 Å². The van der Waals surface area contributed by atoms with Crippen molar-refractivity contribution in [3.8, 4) is 0 Å². The molecule has 5 nitrogen and oxygen atoms in total. The van der Waals surface area contributed by atoms with Gasteiger partial charge >= 0.3 is 0 Å². The summed E-state index contributed by atoms with van der Waals surface area (Å²) in [7, 11) is 0. The zero-order chi connectivity index (χ0) is 20.2. The first-order chi connectivity index (χ1) is 13.1. The van der Waals surface area contributed by atoms with E-state index in [1.54, 1.807) is 12.2 Å². The maximum Gasteiger partial charge on any atom is 0.242 e. The predicted molar refractivity (Wildman–Crippen MR) is 111 cm³/mol. The lowest BCUT2D eigenvalue weighted by Gasteiger charge is -2.12. The van der Waals surface area contributed by atoms with E-state index in [1.807, 2.05) is 30.4 Å². The van der Waals surface area contributed by atoms with Crippen LogP contribution in [0.2, 0.25) is 0 Å². The Morgan fingerprint density at radius 3 is 1.89 bits per heavy atom. The Labute approximate surface area is 163 Å². The summed E-state index contributed by atoms with van der Waals surface area (Å²) < 4.78 is 0. The predicted octanol–water partition coefficient (Wildman–Crippen LogP) is 5.11. The molecule has 0 bridgehead atoms. The van der Waals surface area contributed by atoms with Gasteiger partial charge in [0.1, 0.15) is 12.4 Å². The van der Waals surface area contributed by atoms with Crippen LogP contribution in [0.4, 0.5) is 0 Å². The summed E-state index contributed by atoms with van der Waals surface area (Å²) in [5, 5.41) is 21.2. The molecular weight excluding hydrogens is 342 g/mol. The molecule has 1 N–H and O–H groups in total. The molecule has 0 aromatic carbocycles. The lowest BCUT2D eigenvalue weighted by Crippen LogP contribution is -2.32. The van der Waals surface area contributed by atoms with Crippen LogP contribution in [0.1, 0.15) is 58.3 Å². The molecule has 0 saturated carbocycles. The minimum Gasteiger partial charge on any atom is -0.386 e. The highest BCUT2D eigenvalue weighted by Gasteiger charge is 2.27. The van der Waals surface area contributed by atoms with E-state index in [4.69, 9.17) is 0 Å². The minimum atomic E-state index is -1.00. The van der Waals surface area contributed by atoms with Gasteiger partial charge in [0.05, 0.1) is 0 Å². The fourth-order valence-corrected chi connectivity index (χ4v) is 2.27. The first-order valence-electron chi connectivity index (χ1n) is 9.63. The van der Waals surface area contributed by atoms with Gasteiger partial charge < -0.3 is 9.90 Å². The van der Waals surface area contributed by atoms with Crippen LogP contribution >= 0.6 is 0 Å². The van der Waals surface area contributed by atoms with E-state index in [2.05, 4.69) is 25.2 Å². The van der Waals surface area contributed by atoms with Gasteiger partial charge in [-0.25, -0.2) is 0 Å². The summed E-state index contributed by atoms with van der Waals surface area (Å²) >= 11 is 0. The number of rotatable bonds is 16. The lowest BCUT2D eigenvalue weighted by molar-refractivity contribution is -0.533. The van der Waals surface area contributed by atoms with Crippen molar-refractivity contribution in [3.63, 3.8) is 0 Å². The second-order valence-electron chi connectivity index (χ2n) is 6.11. The Balaban J connectivity index is 4.16. The number of nitro groups is 1. The molecule has 0 aromatic rings. The zero-order valence-corrected chi connectivity index (χ0v) is 16.3. The van der Waals surface area contributed by atoms with Crippen molar-refractivity contribution >= 4 is 6.29 Å². The van der Waals surface area contributed by atoms with Crippen molar-refractivity contribution in [2.45, 2.75) is 70.4 Å². The van der Waals surface area contributed by atoms with Crippen LogP contribution in [0, 0.1) is 10.1 Å². The normalized spacial score (nSPS) is 14.9. The molecule has 0 heterocycles. The SMILES string of the molecule is CC/C=C\C/C=C\C/C=C\CC(O)C(C/C=C\C/C=C\CCC=O)[N+](=O)[O-]. The summed E-state index contributed by atoms with van der Waals surface area (Å²) in [6.45, 7) is 2.09. The van der Waals surface area contributed by atoms with Gasteiger partial charge in [-0.05, 0) is 38.5 Å². The quantitative estimate of drug-likeness (QED) is 0.134. The Kier molecular flexibility index (Phi) is 17.0. The highest BCUT2D eigenvalue weighted by Crippen LogP contribution is 2.10. The molecule has 0 radical (unpaired) electrons. The van der Waals surface area contributed by atoms with Crippen LogP contribution in [0.25, 0.3) is 0 Å². The van der Waals surface area contributed by atoms with E-state index in [1.165, 1.54) is 0 Å². The number of hydrogen-bond acceptors (Lipinski definition) is 4. The topological polar surface area (TPSA) is 80.4 Å². The van der Waals surface area contributed by atoms with Gasteiger partial charge in [-0.2, -0.15) is 0 Å². The first-order valence-corrected chi connectivity index (χ1v) is 9.63. The molecule has 0 aliphatic rings. The molecule has 2 atom stereocenters. The van der Waals surface area contributed by atoms with Gasteiger partial charge in [0, 0.05) is 17.8 Å². The minimum absolute atomic E-state index is 0.202. The number of aliphatic hydroxyl groups excluding tert-OH is 1. The highest BCUT2D eigenvalue weighted by atomic mass is 16.6. The zero-order valence-electron chi connectivity index (χ0n) is 16.3. The average molecular weight is 376 g/mol. The second-order valence-corrected chi connectivity index (χ2v) is 6.11. The van der Waals surface area contributed by atoms with Crippen molar-refractivity contribution in [2.24, 2.45) is 0 Å². The summed E-state index contributed by atoms with van der Waals surface area (Å²) in [4.78, 5) is 20.9. The third kappa shape index (κ3) is 15.7. The Bertz CT molecular complexity index is 532. The summed E-state index contributed by atoms with van der Waals surface area (Å²) in [5.74, 6) is 0. The van der Waals surface area contributed by atoms with Crippen LogP contribution in [-0.2, 0) is 4.79 Å². The van der Waals surface area contributed by atoms with Crippen molar-refractivity contribution in [2.75, 3.05) is 0 Å². The number of carbonyl (C=O) groups excluding carboxylic acids is 1. The van der Waals surface area contributed by atoms with Gasteiger partial charge in [0.25, 0.3) is 0 Å². The number of nitrogens with zero attached hydrogens (tertiary/aromatic N) is 1. The molecule has 0 amide bonds. The molecule has 0 aliphatic carbocycles. The van der Waals surface area contributed by atoms with E-state index in [9.17, 15) is 20.0 Å². The summed E-state index contributed by atoms with van der Waals surface area (Å²) in [5.41, 5.74) is 0. The van der Waals surface area contributed by atoms with E-state index in [-0.39, 0.29) is 12.8 Å². The molecule has 2 unspecified atom stereocenters. The number of aliphatic hydroxyl groups is 1. The van der Waals surface area contributed by atoms with Gasteiger partial charge in [-0.1, -0.05) is 67.7 Å². The molecule has 0 rings (SSSR count). The molecule has 0 aromatic heterocycles. The van der Waals surface area contributed by atoms with E-state index in [0.29, 0.717) is 19.3 Å². The molecule has 5 heteroatoms. The van der Waals surface area contributed by atoms with Crippen LogP contribution in [0.3, 0.4) is 0 Å². The number of allylic oxidation sites excluding steroid dienone is 8. The second kappa shape index (κ2) is 18.5. The average Bonchev–Trinajstić information content (AvgIpc) is 2.65. The fraction of sp³-hybridized carbons (Fsp3) is 0.500. The first kappa shape index (κ1) is 24.7. The maximum absolute atomic E-state index is 11.2. The molecule has 0 spiro atoms. The molecular formula is C22H33NO4. The standard InChI is InChI=1S/C22H33NO4/c1-2-3-4-5-6-7-10-13-16-19-22(25)21(23(26)27)18-15-12-9-8-11-14-17-20-24/h3-4,6-8,11-13,15-16,20-22,25H,2,5,9-10,14,17-19H2,1H3/b4-3-,7-6-,11-8-,15-12-,16-13-. The highest BCUT2D eigenvalue weighted by molar-refractivity contribution is 5.49. The number of hydrogen-bond donors (Lipinski definition) is 1. The Morgan fingerprint density at radius 2 is 1.33 bits per heavy atom. The van der Waals surface area contributed by atoms with E-state index in [0.717, 1.165) is 25.5 Å². The van der Waals surface area contributed by atoms with E-state index < -0.39 is 17.1 Å². The lowest BCUT2D eigenvalue weighted by atomic mass is 10.0. The summed E-state index contributed by atoms with van der Waals surface area (Å²) in [6.07, 6.45) is 24.4. The largest absolute Gasteiger partial charge is 0.386 e. The fourth-order valence-electron chi connectivity index (χ4n) is 2.27. The van der Waals surface area contributed by atoms with Crippen LogP contribution in [0.5, 0.6) is 0 Å². The number of carbonyl (C=O) groups is 1. The van der Waals surface area contributed by atoms with E-state index >= 15 is 0 Å². The number of unbranched alkanes of at least 4 members (excludes halogenated alkanes) is 1. The van der Waals surface area contributed by atoms with Gasteiger partial charge in [-0.3, -0.25) is 10.1 Å². The van der Waals surface area contributed by atoms with Crippen LogP contribution < -0.4 is 0 Å². The van der Waals surface area contributed by atoms with Crippen molar-refractivity contribution in [1.82, 2.24) is 0 Å². The van der Waals surface area contributed by atoms with Crippen LogP contribution in [-0.4, -0.2) is 28.5 Å². The third-order valence-electron chi connectivity index (χ3n) is 3.81. The number of aldehydes is 1. The molecule has 27 heavy (non-hydrogen) atoms. The van der Waals surface area contributed by atoms with Gasteiger partial charge in [-0.15, -0.1) is 0 Å². The molecule has 0 aliphatic heterocycles. The monoisotopic (exact) mass is 375 g/mol. The van der Waals surface area contributed by atoms with Gasteiger partial charge in [0.2, 0.25) is 6.04 Å². The van der Waals surface area contributed by atoms with Crippen molar-refractivity contribution < 1.29 is 14.8 Å². The van der Waals surface area contributed by atoms with Crippen molar-refractivity contribution in [1.29, 1.82) is 0 Å². The summed E-state index contributed by atoms with van der Waals surface area (Å²) in [6, 6.07) is -1.00. The van der Waals surface area contributed by atoms with Crippen molar-refractivity contribution in [3.05, 3.63) is 70.9 Å². The maximum atomic E-state index is 11.2. The smallest absolute Gasteiger partial charge is 0.242 e. The van der Waals surface area contributed by atoms with Crippen LogP contribution in [0.15, 0.2) is 60.8 Å². The molecule has 0 fully saturated rings. The third-order valence-corrected chi connectivity index (χ3v) is 3.81. The molecule has 0 saturated heterocycles. The Morgan fingerprint density at radius 1 is 0.815 bits per heavy atom.